The fourth-order valence-corrected chi connectivity index (χ4v) is 2.95. The molecule has 2 rings (SSSR count). The lowest BCUT2D eigenvalue weighted by molar-refractivity contribution is -0.122. The van der Waals surface area contributed by atoms with Gasteiger partial charge < -0.3 is 14.8 Å². The maximum Gasteiger partial charge on any atom is 0.222 e. The second-order valence-electron chi connectivity index (χ2n) is 5.86. The Morgan fingerprint density at radius 2 is 2.04 bits per heavy atom. The van der Waals surface area contributed by atoms with Crippen LogP contribution >= 0.6 is 15.9 Å². The first-order chi connectivity index (χ1) is 11.9. The molecule has 1 amide bonds. The first kappa shape index (κ1) is 19.3. The highest BCUT2D eigenvalue weighted by atomic mass is 79.9. The van der Waals surface area contributed by atoms with Crippen molar-refractivity contribution in [1.29, 1.82) is 0 Å². The maximum absolute atomic E-state index is 12.3. The van der Waals surface area contributed by atoms with Crippen LogP contribution in [0.5, 0.6) is 11.5 Å². The summed E-state index contributed by atoms with van der Waals surface area (Å²) >= 11 is 3.50. The molecule has 0 bridgehead atoms. The molecule has 1 N–H and O–H groups in total. The van der Waals surface area contributed by atoms with Crippen molar-refractivity contribution in [2.75, 3.05) is 14.2 Å². The van der Waals surface area contributed by atoms with Gasteiger partial charge in [0.25, 0.3) is 0 Å². The van der Waals surface area contributed by atoms with Crippen molar-refractivity contribution in [1.82, 2.24) is 15.1 Å². The summed E-state index contributed by atoms with van der Waals surface area (Å²) in [6.45, 7) is 6.37. The highest BCUT2D eigenvalue weighted by Crippen LogP contribution is 2.29. The third-order valence-corrected chi connectivity index (χ3v) is 5.27. The molecule has 0 radical (unpaired) electrons. The fraction of sp³-hybridized carbons (Fsp3) is 0.444. The van der Waals surface area contributed by atoms with Gasteiger partial charge in [-0.25, -0.2) is 0 Å². The Labute approximate surface area is 156 Å². The molecule has 0 fully saturated rings. The van der Waals surface area contributed by atoms with E-state index < -0.39 is 0 Å². The molecular weight excluding hydrogens is 386 g/mol. The van der Waals surface area contributed by atoms with Crippen LogP contribution in [0.25, 0.3) is 0 Å². The van der Waals surface area contributed by atoms with E-state index in [0.29, 0.717) is 13.0 Å². The third kappa shape index (κ3) is 4.54. The van der Waals surface area contributed by atoms with Gasteiger partial charge in [0.1, 0.15) is 11.5 Å². The minimum absolute atomic E-state index is 0.0407. The molecule has 0 saturated heterocycles. The predicted octanol–water partition coefficient (Wildman–Crippen LogP) is 3.55. The zero-order valence-corrected chi connectivity index (χ0v) is 16.8. The van der Waals surface area contributed by atoms with Crippen LogP contribution in [0.3, 0.4) is 0 Å². The van der Waals surface area contributed by atoms with E-state index in [4.69, 9.17) is 9.47 Å². The van der Waals surface area contributed by atoms with E-state index in [2.05, 4.69) is 26.3 Å². The van der Waals surface area contributed by atoms with E-state index >= 15 is 0 Å². The van der Waals surface area contributed by atoms with Crippen LogP contribution in [0, 0.1) is 13.8 Å². The SMILES string of the molecule is COc1ccc(OC)c(C(C)NC(=O)CCn2nc(C)c(Br)c2C)c1. The lowest BCUT2D eigenvalue weighted by Gasteiger charge is -2.18. The summed E-state index contributed by atoms with van der Waals surface area (Å²) in [5.41, 5.74) is 2.82. The van der Waals surface area contributed by atoms with Gasteiger partial charge in [0.2, 0.25) is 5.91 Å². The standard InChI is InChI=1S/C18H24BrN3O3/c1-11(15-10-14(24-4)6-7-16(15)25-5)20-17(23)8-9-22-13(3)18(19)12(2)21-22/h6-7,10-11H,8-9H2,1-5H3,(H,20,23). The van der Waals surface area contributed by atoms with Gasteiger partial charge in [0.15, 0.2) is 0 Å². The maximum atomic E-state index is 12.3. The molecule has 0 aliphatic rings. The van der Waals surface area contributed by atoms with Crippen LogP contribution in [0.15, 0.2) is 22.7 Å². The number of amides is 1. The zero-order valence-electron chi connectivity index (χ0n) is 15.2. The van der Waals surface area contributed by atoms with Gasteiger partial charge in [0.05, 0.1) is 37.0 Å². The molecule has 136 valence electrons. The Morgan fingerprint density at radius 1 is 1.32 bits per heavy atom. The monoisotopic (exact) mass is 409 g/mol. The summed E-state index contributed by atoms with van der Waals surface area (Å²) < 4.78 is 13.5. The van der Waals surface area contributed by atoms with Gasteiger partial charge in [-0.3, -0.25) is 9.48 Å². The van der Waals surface area contributed by atoms with Gasteiger partial charge >= 0.3 is 0 Å². The van der Waals surface area contributed by atoms with Gasteiger partial charge in [-0.2, -0.15) is 5.10 Å². The molecule has 0 aliphatic carbocycles. The minimum atomic E-state index is -0.190. The van der Waals surface area contributed by atoms with Crippen LogP contribution in [-0.2, 0) is 11.3 Å². The topological polar surface area (TPSA) is 65.4 Å². The number of aryl methyl sites for hydroxylation is 2. The van der Waals surface area contributed by atoms with E-state index in [1.807, 2.05) is 43.7 Å². The third-order valence-electron chi connectivity index (χ3n) is 4.12. The summed E-state index contributed by atoms with van der Waals surface area (Å²) in [5.74, 6) is 1.40. The number of nitrogens with zero attached hydrogens (tertiary/aromatic N) is 2. The Hall–Kier alpha value is -2.02. The largest absolute Gasteiger partial charge is 0.497 e. The number of nitrogens with one attached hydrogen (secondary N) is 1. The van der Waals surface area contributed by atoms with E-state index in [9.17, 15) is 4.79 Å². The molecule has 7 heteroatoms. The smallest absolute Gasteiger partial charge is 0.222 e. The van der Waals surface area contributed by atoms with Crippen LogP contribution in [0.4, 0.5) is 0 Å². The van der Waals surface area contributed by atoms with Gasteiger partial charge in [-0.05, 0) is 54.9 Å². The average Bonchev–Trinajstić information content (AvgIpc) is 2.86. The minimum Gasteiger partial charge on any atom is -0.497 e. The number of hydrogen-bond donors (Lipinski definition) is 1. The zero-order chi connectivity index (χ0) is 18.6. The second kappa shape index (κ2) is 8.38. The molecule has 0 aliphatic heterocycles. The highest BCUT2D eigenvalue weighted by Gasteiger charge is 2.16. The number of halogens is 1. The number of carbonyl (C=O) groups excluding carboxylic acids is 1. The fourth-order valence-electron chi connectivity index (χ4n) is 2.67. The van der Waals surface area contributed by atoms with Crippen molar-refractivity contribution in [3.8, 4) is 11.5 Å². The van der Waals surface area contributed by atoms with Crippen molar-refractivity contribution >= 4 is 21.8 Å². The van der Waals surface area contributed by atoms with Crippen LogP contribution in [0.1, 0.15) is 36.3 Å². The first-order valence-electron chi connectivity index (χ1n) is 8.08. The second-order valence-corrected chi connectivity index (χ2v) is 6.65. The summed E-state index contributed by atoms with van der Waals surface area (Å²) in [4.78, 5) is 12.3. The molecule has 0 saturated carbocycles. The molecule has 2 aromatic rings. The Morgan fingerprint density at radius 3 is 2.60 bits per heavy atom. The average molecular weight is 410 g/mol. The van der Waals surface area contributed by atoms with Gasteiger partial charge in [-0.15, -0.1) is 0 Å². The summed E-state index contributed by atoms with van der Waals surface area (Å²) in [6.07, 6.45) is 0.352. The number of ether oxygens (including phenoxy) is 2. The molecule has 1 heterocycles. The van der Waals surface area contributed by atoms with Crippen LogP contribution in [0.2, 0.25) is 0 Å². The van der Waals surface area contributed by atoms with Crippen LogP contribution in [-0.4, -0.2) is 29.9 Å². The molecule has 1 unspecified atom stereocenters. The number of benzene rings is 1. The molecule has 25 heavy (non-hydrogen) atoms. The molecule has 1 aromatic heterocycles. The van der Waals surface area contributed by atoms with Gasteiger partial charge in [0, 0.05) is 17.7 Å². The van der Waals surface area contributed by atoms with E-state index in [1.165, 1.54) is 0 Å². The summed E-state index contributed by atoms with van der Waals surface area (Å²) in [5, 5.41) is 7.43. The quantitative estimate of drug-likeness (QED) is 0.759. The van der Waals surface area contributed by atoms with E-state index in [1.54, 1.807) is 14.2 Å². The molecular formula is C18H24BrN3O3. The number of hydrogen-bond acceptors (Lipinski definition) is 4. The Bertz CT molecular complexity index is 758. The molecule has 1 aromatic carbocycles. The molecule has 6 nitrogen and oxygen atoms in total. The van der Waals surface area contributed by atoms with E-state index in [0.717, 1.165) is 32.9 Å². The molecule has 1 atom stereocenters. The lowest BCUT2D eigenvalue weighted by atomic mass is 10.1. The summed E-state index contributed by atoms with van der Waals surface area (Å²) in [6, 6.07) is 5.36. The normalized spacial score (nSPS) is 11.9. The predicted molar refractivity (Wildman–Crippen MR) is 100 cm³/mol. The highest BCUT2D eigenvalue weighted by molar-refractivity contribution is 9.10. The number of methoxy groups -OCH3 is 2. The number of rotatable bonds is 7. The van der Waals surface area contributed by atoms with Gasteiger partial charge in [-0.1, -0.05) is 0 Å². The lowest BCUT2D eigenvalue weighted by Crippen LogP contribution is -2.28. The van der Waals surface area contributed by atoms with Crippen molar-refractivity contribution in [2.24, 2.45) is 0 Å². The van der Waals surface area contributed by atoms with Crippen molar-refractivity contribution < 1.29 is 14.3 Å². The Balaban J connectivity index is 2.01. The molecule has 0 spiro atoms. The number of aromatic nitrogens is 2. The first-order valence-corrected chi connectivity index (χ1v) is 8.87. The Kier molecular flexibility index (Phi) is 6.47. The number of carbonyl (C=O) groups is 1. The van der Waals surface area contributed by atoms with Crippen molar-refractivity contribution in [3.05, 3.63) is 39.6 Å². The van der Waals surface area contributed by atoms with Crippen molar-refractivity contribution in [2.45, 2.75) is 39.8 Å². The van der Waals surface area contributed by atoms with Crippen molar-refractivity contribution in [3.63, 3.8) is 0 Å². The van der Waals surface area contributed by atoms with E-state index in [-0.39, 0.29) is 11.9 Å². The van der Waals surface area contributed by atoms with Crippen LogP contribution < -0.4 is 14.8 Å². The summed E-state index contributed by atoms with van der Waals surface area (Å²) in [7, 11) is 3.22.